The van der Waals surface area contributed by atoms with Gasteiger partial charge in [0.2, 0.25) is 5.91 Å². The number of fused-ring (bicyclic) bond motifs is 4. The Hall–Kier alpha value is -3.10. The lowest BCUT2D eigenvalue weighted by Crippen LogP contribution is -2.58. The number of benzene rings is 2. The number of nitrogens with one attached hydrogen (secondary N) is 1. The molecule has 2 aromatic carbocycles. The summed E-state index contributed by atoms with van der Waals surface area (Å²) in [6, 6.07) is 14.5. The van der Waals surface area contributed by atoms with Crippen molar-refractivity contribution in [3.05, 3.63) is 65.2 Å². The van der Waals surface area contributed by atoms with Crippen molar-refractivity contribution < 1.29 is 28.9 Å². The Morgan fingerprint density at radius 3 is 2.76 bits per heavy atom. The van der Waals surface area contributed by atoms with Crippen LogP contribution in [0.5, 0.6) is 5.75 Å². The van der Waals surface area contributed by atoms with Crippen molar-refractivity contribution in [2.75, 3.05) is 19.7 Å². The number of hydrogen-bond acceptors (Lipinski definition) is 6. The molecule has 2 fully saturated rings. The Kier molecular flexibility index (Phi) is 7.14. The topological polar surface area (TPSA) is 97.3 Å². The highest BCUT2D eigenvalue weighted by atomic mass is 16.5. The van der Waals surface area contributed by atoms with E-state index in [1.165, 1.54) is 0 Å². The highest BCUT2D eigenvalue weighted by Gasteiger charge is 2.51. The van der Waals surface area contributed by atoms with Crippen molar-refractivity contribution >= 4 is 12.0 Å². The first kappa shape index (κ1) is 25.5. The summed E-state index contributed by atoms with van der Waals surface area (Å²) in [7, 11) is 0. The number of aliphatic hydroxyl groups excluding tert-OH is 1. The lowest BCUT2D eigenvalue weighted by atomic mass is 9.70. The summed E-state index contributed by atoms with van der Waals surface area (Å²) in [5.74, 6) is 0.893. The Labute approximate surface area is 217 Å². The highest BCUT2D eigenvalue weighted by Crippen LogP contribution is 2.53. The molecular weight excluding hydrogens is 472 g/mol. The average Bonchev–Trinajstić information content (AvgIpc) is 2.89. The molecular formula is C29H36N2O6. The minimum absolute atomic E-state index is 0.0332. The van der Waals surface area contributed by atoms with Crippen LogP contribution >= 0.6 is 0 Å². The molecule has 3 aliphatic heterocycles. The van der Waals surface area contributed by atoms with Gasteiger partial charge in [0.25, 0.3) is 0 Å². The number of carbonyl (C=O) groups excluding carboxylic acids is 2. The van der Waals surface area contributed by atoms with Crippen LogP contribution in [0.3, 0.4) is 0 Å². The van der Waals surface area contributed by atoms with Crippen molar-refractivity contribution in [3.8, 4) is 5.75 Å². The van der Waals surface area contributed by atoms with Crippen LogP contribution in [0.1, 0.15) is 49.5 Å². The fraction of sp³-hybridized carbons (Fsp3) is 0.517. The van der Waals surface area contributed by atoms with Gasteiger partial charge in [-0.2, -0.15) is 0 Å². The minimum Gasteiger partial charge on any atom is -0.487 e. The Morgan fingerprint density at radius 1 is 1.22 bits per heavy atom. The van der Waals surface area contributed by atoms with Crippen molar-refractivity contribution in [2.24, 2.45) is 11.8 Å². The van der Waals surface area contributed by atoms with E-state index < -0.39 is 24.3 Å². The van der Waals surface area contributed by atoms with Gasteiger partial charge in [-0.3, -0.25) is 4.79 Å². The minimum atomic E-state index is -1.05. The fourth-order valence-electron chi connectivity index (χ4n) is 5.92. The number of amides is 2. The molecule has 2 saturated heterocycles. The second-order valence-corrected chi connectivity index (χ2v) is 11.0. The summed E-state index contributed by atoms with van der Waals surface area (Å²) >= 11 is 0. The number of hydrogen-bond donors (Lipinski definition) is 2. The molecule has 0 spiro atoms. The van der Waals surface area contributed by atoms with Crippen LogP contribution in [0.25, 0.3) is 0 Å². The van der Waals surface area contributed by atoms with E-state index in [4.69, 9.17) is 14.2 Å². The summed E-state index contributed by atoms with van der Waals surface area (Å²) in [5.41, 5.74) is 2.70. The summed E-state index contributed by atoms with van der Waals surface area (Å²) in [4.78, 5) is 27.3. The van der Waals surface area contributed by atoms with Gasteiger partial charge in [0, 0.05) is 30.5 Å². The molecule has 8 nitrogen and oxygen atoms in total. The van der Waals surface area contributed by atoms with Gasteiger partial charge in [0.05, 0.1) is 18.8 Å². The summed E-state index contributed by atoms with van der Waals surface area (Å²) in [5, 5.41) is 12.4. The Bertz CT molecular complexity index is 1140. The van der Waals surface area contributed by atoms with Crippen molar-refractivity contribution in [2.45, 2.75) is 64.1 Å². The van der Waals surface area contributed by atoms with Crippen molar-refractivity contribution in [1.82, 2.24) is 10.2 Å². The molecule has 0 unspecified atom stereocenters. The number of piperidine rings is 1. The number of aliphatic hydroxyl groups is 1. The van der Waals surface area contributed by atoms with Crippen LogP contribution in [0.4, 0.5) is 4.79 Å². The maximum Gasteiger partial charge on any atom is 0.408 e. The monoisotopic (exact) mass is 508 g/mol. The van der Waals surface area contributed by atoms with Gasteiger partial charge in [0.15, 0.2) is 0 Å². The SMILES string of the molecule is Cc1ccc2c(c1)OC(C)(C)[C@@H]1C[C@H]3CN(C(=O)[C@H](CO)NC(=O)OCc4ccccc4)CC[C@H]3O[C@@H]21. The van der Waals surface area contributed by atoms with Gasteiger partial charge in [-0.15, -0.1) is 0 Å². The van der Waals surface area contributed by atoms with Gasteiger partial charge < -0.3 is 29.5 Å². The van der Waals surface area contributed by atoms with Gasteiger partial charge in [0.1, 0.15) is 24.0 Å². The largest absolute Gasteiger partial charge is 0.487 e. The zero-order valence-corrected chi connectivity index (χ0v) is 21.7. The predicted molar refractivity (Wildman–Crippen MR) is 137 cm³/mol. The first-order chi connectivity index (χ1) is 17.7. The smallest absolute Gasteiger partial charge is 0.408 e. The van der Waals surface area contributed by atoms with Crippen molar-refractivity contribution in [3.63, 3.8) is 0 Å². The summed E-state index contributed by atoms with van der Waals surface area (Å²) in [6.45, 7) is 6.89. The maximum absolute atomic E-state index is 13.2. The van der Waals surface area contributed by atoms with E-state index in [0.29, 0.717) is 19.5 Å². The highest BCUT2D eigenvalue weighted by molar-refractivity contribution is 5.86. The van der Waals surface area contributed by atoms with E-state index in [-0.39, 0.29) is 36.6 Å². The second-order valence-electron chi connectivity index (χ2n) is 11.0. The van der Waals surface area contributed by atoms with Crippen LogP contribution < -0.4 is 10.1 Å². The third kappa shape index (κ3) is 5.31. The Morgan fingerprint density at radius 2 is 2.00 bits per heavy atom. The molecule has 2 aromatic rings. The van der Waals surface area contributed by atoms with E-state index in [2.05, 4.69) is 44.3 Å². The number of alkyl carbamates (subject to hydrolysis) is 1. The molecule has 0 aromatic heterocycles. The molecule has 198 valence electrons. The maximum atomic E-state index is 13.2. The predicted octanol–water partition coefficient (Wildman–Crippen LogP) is 3.75. The fourth-order valence-corrected chi connectivity index (χ4v) is 5.92. The molecule has 0 bridgehead atoms. The van der Waals surface area contributed by atoms with Crippen molar-refractivity contribution in [1.29, 1.82) is 0 Å². The molecule has 8 heteroatoms. The number of aryl methyl sites for hydroxylation is 1. The summed E-state index contributed by atoms with van der Waals surface area (Å²) in [6.07, 6.45) is 0.859. The molecule has 0 aliphatic carbocycles. The molecule has 0 saturated carbocycles. The number of rotatable bonds is 5. The number of nitrogens with zero attached hydrogens (tertiary/aromatic N) is 1. The van der Waals surface area contributed by atoms with Gasteiger partial charge in [-0.05, 0) is 50.8 Å². The molecule has 2 amide bonds. The van der Waals surface area contributed by atoms with Gasteiger partial charge >= 0.3 is 6.09 Å². The van der Waals surface area contributed by atoms with Gasteiger partial charge in [-0.1, -0.05) is 42.5 Å². The third-order valence-corrected chi connectivity index (χ3v) is 7.95. The van der Waals surface area contributed by atoms with Crippen LogP contribution in [-0.4, -0.2) is 59.5 Å². The molecule has 2 N–H and O–H groups in total. The third-order valence-electron chi connectivity index (χ3n) is 7.95. The average molecular weight is 509 g/mol. The van der Waals surface area contributed by atoms with E-state index in [9.17, 15) is 14.7 Å². The quantitative estimate of drug-likeness (QED) is 0.639. The van der Waals surface area contributed by atoms with Gasteiger partial charge in [-0.25, -0.2) is 4.79 Å². The second kappa shape index (κ2) is 10.3. The summed E-state index contributed by atoms with van der Waals surface area (Å²) < 4.78 is 18.4. The van der Waals surface area contributed by atoms with Crippen LogP contribution in [0.2, 0.25) is 0 Å². The normalized spacial score (nSPS) is 26.5. The first-order valence-corrected chi connectivity index (χ1v) is 13.1. The van der Waals surface area contributed by atoms with E-state index in [1.807, 2.05) is 30.3 Å². The lowest BCUT2D eigenvalue weighted by molar-refractivity contribution is -0.189. The zero-order valence-electron chi connectivity index (χ0n) is 21.7. The number of likely N-dealkylation sites (tertiary alicyclic amines) is 1. The van der Waals surface area contributed by atoms with Crippen LogP contribution in [-0.2, 0) is 20.9 Å². The van der Waals surface area contributed by atoms with E-state index in [1.54, 1.807) is 4.90 Å². The van der Waals surface area contributed by atoms with E-state index >= 15 is 0 Å². The lowest BCUT2D eigenvalue weighted by Gasteiger charge is -2.53. The molecule has 0 radical (unpaired) electrons. The zero-order chi connectivity index (χ0) is 26.2. The van der Waals surface area contributed by atoms with E-state index in [0.717, 1.165) is 28.9 Å². The molecule has 5 rings (SSSR count). The Balaban J connectivity index is 1.21. The molecule has 37 heavy (non-hydrogen) atoms. The number of carbonyl (C=O) groups is 2. The first-order valence-electron chi connectivity index (χ1n) is 13.1. The van der Waals surface area contributed by atoms with Crippen LogP contribution in [0.15, 0.2) is 48.5 Å². The molecule has 3 aliphatic rings. The molecule has 3 heterocycles. The van der Waals surface area contributed by atoms with Crippen LogP contribution in [0, 0.1) is 18.8 Å². The molecule has 5 atom stereocenters. The standard InChI is InChI=1S/C29H36N2O6/c1-18-9-10-21-25(13-18)37-29(2,3)22-14-20-15-31(12-11-24(20)36-26(21)22)27(33)23(16-32)30-28(34)35-17-19-7-5-4-6-8-19/h4-10,13,20,22-24,26,32H,11-12,14-17H2,1-3H3,(H,30,34)/t20-,22+,23-,24+,26-/m0/s1. The number of ether oxygens (including phenoxy) is 3.